The van der Waals surface area contributed by atoms with E-state index in [9.17, 15) is 22.8 Å². The molecule has 10 heteroatoms. The van der Waals surface area contributed by atoms with Crippen LogP contribution in [0.2, 0.25) is 0 Å². The second-order valence-corrected chi connectivity index (χ2v) is 7.73. The fraction of sp³-hybridized carbons (Fsp3) is 0.882. The summed E-state index contributed by atoms with van der Waals surface area (Å²) in [5.41, 5.74) is -0.0768. The molecule has 154 valence electrons. The van der Waals surface area contributed by atoms with Gasteiger partial charge in [0.1, 0.15) is 0 Å². The number of piperidine rings is 1. The number of aliphatic hydroxyl groups is 1. The van der Waals surface area contributed by atoms with Crippen LogP contribution in [0.4, 0.5) is 22.8 Å². The molecule has 1 unspecified atom stereocenters. The molecule has 3 fully saturated rings. The smallest absolute Gasteiger partial charge is 0.427 e. The van der Waals surface area contributed by atoms with Crippen molar-refractivity contribution in [2.45, 2.75) is 44.4 Å². The molecule has 7 nitrogen and oxygen atoms in total. The molecule has 27 heavy (non-hydrogen) atoms. The minimum Gasteiger partial charge on any atom is -0.434 e. The molecule has 1 N–H and O–H groups in total. The maximum Gasteiger partial charge on any atom is 0.427 e. The van der Waals surface area contributed by atoms with Gasteiger partial charge in [0.25, 0.3) is 0 Å². The van der Waals surface area contributed by atoms with Gasteiger partial charge in [0.15, 0.2) is 0 Å². The van der Waals surface area contributed by atoms with Gasteiger partial charge in [0.2, 0.25) is 6.10 Å². The summed E-state index contributed by atoms with van der Waals surface area (Å²) in [4.78, 5) is 29.5. The van der Waals surface area contributed by atoms with E-state index < -0.39 is 25.0 Å². The van der Waals surface area contributed by atoms with E-state index in [2.05, 4.69) is 4.74 Å². The first-order chi connectivity index (χ1) is 12.7. The van der Waals surface area contributed by atoms with Crippen molar-refractivity contribution in [3.05, 3.63) is 0 Å². The van der Waals surface area contributed by atoms with Gasteiger partial charge in [-0.05, 0) is 37.5 Å². The van der Waals surface area contributed by atoms with Crippen LogP contribution in [0.25, 0.3) is 0 Å². The van der Waals surface area contributed by atoms with Crippen molar-refractivity contribution in [3.8, 4) is 0 Å². The van der Waals surface area contributed by atoms with Crippen LogP contribution in [-0.4, -0.2) is 90.1 Å². The summed E-state index contributed by atoms with van der Waals surface area (Å²) in [6, 6.07) is 0.0715. The minimum absolute atomic E-state index is 0.0715. The summed E-state index contributed by atoms with van der Waals surface area (Å²) in [5, 5.41) is 8.79. The van der Waals surface area contributed by atoms with Crippen LogP contribution < -0.4 is 0 Å². The number of alkyl halides is 3. The van der Waals surface area contributed by atoms with Crippen molar-refractivity contribution in [3.63, 3.8) is 0 Å². The number of nitrogens with zero attached hydrogens (tertiary/aromatic N) is 3. The van der Waals surface area contributed by atoms with Gasteiger partial charge < -0.3 is 24.5 Å². The van der Waals surface area contributed by atoms with E-state index in [-0.39, 0.29) is 11.4 Å². The van der Waals surface area contributed by atoms with Gasteiger partial charge in [0.05, 0.1) is 6.61 Å². The van der Waals surface area contributed by atoms with Gasteiger partial charge in [-0.3, -0.25) is 0 Å². The molecule has 3 saturated heterocycles. The Bertz CT molecular complexity index is 558. The van der Waals surface area contributed by atoms with E-state index in [0.29, 0.717) is 39.0 Å². The second kappa shape index (κ2) is 7.73. The zero-order chi connectivity index (χ0) is 19.7. The highest BCUT2D eigenvalue weighted by Crippen LogP contribution is 2.41. The van der Waals surface area contributed by atoms with Crippen LogP contribution >= 0.6 is 0 Å². The van der Waals surface area contributed by atoms with Crippen molar-refractivity contribution in [2.75, 3.05) is 45.9 Å². The molecule has 0 aliphatic carbocycles. The van der Waals surface area contributed by atoms with Crippen molar-refractivity contribution < 1.29 is 32.6 Å². The zero-order valence-corrected chi connectivity index (χ0v) is 15.2. The Labute approximate surface area is 156 Å². The SMILES string of the molecule is O=C(OC(CO)C(F)(F)F)N1CCC2(CC1)CCN(C(=O)N1CCCC1)C2. The predicted octanol–water partition coefficient (Wildman–Crippen LogP) is 2.05. The average molecular weight is 393 g/mol. The molecule has 3 rings (SSSR count). The molecule has 0 aromatic heterocycles. The molecule has 3 aliphatic heterocycles. The van der Waals surface area contributed by atoms with Crippen molar-refractivity contribution in [1.82, 2.24) is 14.7 Å². The number of carbonyl (C=O) groups is 2. The highest BCUT2D eigenvalue weighted by Gasteiger charge is 2.46. The molecule has 3 heterocycles. The number of aliphatic hydroxyl groups excluding tert-OH is 1. The summed E-state index contributed by atoms with van der Waals surface area (Å²) < 4.78 is 42.3. The highest BCUT2D eigenvalue weighted by atomic mass is 19.4. The second-order valence-electron chi connectivity index (χ2n) is 7.73. The lowest BCUT2D eigenvalue weighted by Gasteiger charge is -2.39. The van der Waals surface area contributed by atoms with Gasteiger partial charge in [-0.2, -0.15) is 13.2 Å². The first-order valence-electron chi connectivity index (χ1n) is 9.41. The van der Waals surface area contributed by atoms with Gasteiger partial charge in [-0.25, -0.2) is 9.59 Å². The van der Waals surface area contributed by atoms with Crippen LogP contribution in [0.1, 0.15) is 32.1 Å². The quantitative estimate of drug-likeness (QED) is 0.779. The van der Waals surface area contributed by atoms with Crippen LogP contribution in [-0.2, 0) is 4.74 Å². The number of hydrogen-bond acceptors (Lipinski definition) is 4. The first kappa shape index (κ1) is 20.0. The minimum atomic E-state index is -4.79. The van der Waals surface area contributed by atoms with Crippen molar-refractivity contribution in [1.29, 1.82) is 0 Å². The molecule has 3 aliphatic rings. The monoisotopic (exact) mass is 393 g/mol. The number of urea groups is 1. The van der Waals surface area contributed by atoms with Crippen LogP contribution in [0.3, 0.4) is 0 Å². The number of halogens is 3. The largest absolute Gasteiger partial charge is 0.434 e. The molecule has 0 saturated carbocycles. The van der Waals surface area contributed by atoms with Crippen LogP contribution in [0, 0.1) is 5.41 Å². The first-order valence-corrected chi connectivity index (χ1v) is 9.41. The lowest BCUT2D eigenvalue weighted by molar-refractivity contribution is -0.215. The number of likely N-dealkylation sites (tertiary alicyclic amines) is 3. The van der Waals surface area contributed by atoms with Crippen molar-refractivity contribution >= 4 is 12.1 Å². The van der Waals surface area contributed by atoms with Gasteiger partial charge in [-0.15, -0.1) is 0 Å². The van der Waals surface area contributed by atoms with E-state index in [1.165, 1.54) is 4.90 Å². The molecule has 1 atom stereocenters. The number of ether oxygens (including phenoxy) is 1. The van der Waals surface area contributed by atoms with Gasteiger partial charge >= 0.3 is 18.3 Å². The lowest BCUT2D eigenvalue weighted by Crippen LogP contribution is -2.48. The summed E-state index contributed by atoms with van der Waals surface area (Å²) in [7, 11) is 0. The summed E-state index contributed by atoms with van der Waals surface area (Å²) >= 11 is 0. The van der Waals surface area contributed by atoms with Crippen molar-refractivity contribution in [2.24, 2.45) is 5.41 Å². The summed E-state index contributed by atoms with van der Waals surface area (Å²) in [6.07, 6.45) is -4.17. The van der Waals surface area contributed by atoms with E-state index >= 15 is 0 Å². The van der Waals surface area contributed by atoms with Gasteiger partial charge in [-0.1, -0.05) is 0 Å². The third-order valence-corrected chi connectivity index (χ3v) is 5.94. The third-order valence-electron chi connectivity index (χ3n) is 5.94. The molecular weight excluding hydrogens is 367 g/mol. The summed E-state index contributed by atoms with van der Waals surface area (Å²) in [5.74, 6) is 0. The molecule has 0 aromatic carbocycles. The van der Waals surface area contributed by atoms with Crippen LogP contribution in [0.5, 0.6) is 0 Å². The Morgan fingerprint density at radius 1 is 0.963 bits per heavy atom. The molecule has 0 bridgehead atoms. The molecule has 0 radical (unpaired) electrons. The Morgan fingerprint density at radius 3 is 2.04 bits per heavy atom. The maximum atomic E-state index is 12.6. The van der Waals surface area contributed by atoms with E-state index in [4.69, 9.17) is 5.11 Å². The van der Waals surface area contributed by atoms with E-state index in [1.807, 2.05) is 9.80 Å². The Hall–Kier alpha value is -1.71. The van der Waals surface area contributed by atoms with E-state index in [1.54, 1.807) is 0 Å². The Kier molecular flexibility index (Phi) is 5.73. The maximum absolute atomic E-state index is 12.6. The average Bonchev–Trinajstić information content (AvgIpc) is 3.29. The predicted molar refractivity (Wildman–Crippen MR) is 89.0 cm³/mol. The molecule has 3 amide bonds. The van der Waals surface area contributed by atoms with E-state index in [0.717, 1.165) is 32.4 Å². The normalized spacial score (nSPS) is 23.8. The topological polar surface area (TPSA) is 73.3 Å². The highest BCUT2D eigenvalue weighted by molar-refractivity contribution is 5.75. The number of amides is 3. The number of hydrogen-bond donors (Lipinski definition) is 1. The lowest BCUT2D eigenvalue weighted by atomic mass is 9.78. The number of carbonyl (C=O) groups excluding carboxylic acids is 2. The van der Waals surface area contributed by atoms with Crippen LogP contribution in [0.15, 0.2) is 0 Å². The Morgan fingerprint density at radius 2 is 1.52 bits per heavy atom. The van der Waals surface area contributed by atoms with Gasteiger partial charge in [0, 0.05) is 39.3 Å². The third kappa shape index (κ3) is 4.41. The molecular formula is C17H26F3N3O4. The molecule has 0 aromatic rings. The Balaban J connectivity index is 1.50. The zero-order valence-electron chi connectivity index (χ0n) is 15.2. The number of rotatable bonds is 2. The fourth-order valence-electron chi connectivity index (χ4n) is 4.18. The summed E-state index contributed by atoms with van der Waals surface area (Å²) in [6.45, 7) is 2.20. The standard InChI is InChI=1S/C17H26F3N3O4/c18-17(19,20)13(11-24)27-15(26)22-8-3-16(4-9-22)5-10-23(12-16)14(25)21-6-1-2-7-21/h13,24H,1-12H2. The fourth-order valence-corrected chi connectivity index (χ4v) is 4.18. The molecule has 1 spiro atoms.